The van der Waals surface area contributed by atoms with Crippen LogP contribution in [0.25, 0.3) is 33.2 Å². The van der Waals surface area contributed by atoms with E-state index in [2.05, 4.69) is 36.2 Å². The van der Waals surface area contributed by atoms with Gasteiger partial charge in [-0.15, -0.1) is 0 Å². The lowest BCUT2D eigenvalue weighted by Crippen LogP contribution is -2.29. The second kappa shape index (κ2) is 7.78. The number of nitrogens with zero attached hydrogens (tertiary/aromatic N) is 3. The minimum absolute atomic E-state index is 0.149. The van der Waals surface area contributed by atoms with E-state index in [1.54, 1.807) is 13.1 Å². The van der Waals surface area contributed by atoms with Crippen LogP contribution in [0, 0.1) is 0 Å². The van der Waals surface area contributed by atoms with Crippen LogP contribution in [-0.4, -0.2) is 35.6 Å². The predicted molar refractivity (Wildman–Crippen MR) is 123 cm³/mol. The van der Waals surface area contributed by atoms with E-state index in [4.69, 9.17) is 4.98 Å². The number of hydrogen-bond donors (Lipinski definition) is 1. The molecule has 2 aromatic rings. The molecule has 2 aromatic carbocycles. The fraction of sp³-hybridized carbons (Fsp3) is 0.292. The van der Waals surface area contributed by atoms with E-state index in [1.165, 1.54) is 0 Å². The zero-order chi connectivity index (χ0) is 21.4. The van der Waals surface area contributed by atoms with Gasteiger partial charge in [-0.25, -0.2) is 4.98 Å². The average Bonchev–Trinajstić information content (AvgIpc) is 2.78. The van der Waals surface area contributed by atoms with Gasteiger partial charge in [0.2, 0.25) is 5.43 Å². The van der Waals surface area contributed by atoms with E-state index in [0.29, 0.717) is 23.3 Å². The molecule has 2 aliphatic rings. The Labute approximate surface area is 175 Å². The van der Waals surface area contributed by atoms with Gasteiger partial charge < -0.3 is 14.8 Å². The zero-order valence-electron chi connectivity index (χ0n) is 17.8. The van der Waals surface area contributed by atoms with E-state index in [1.807, 2.05) is 35.8 Å². The Hall–Kier alpha value is -3.41. The lowest BCUT2D eigenvalue weighted by atomic mass is 9.97. The smallest absolute Gasteiger partial charge is 0.257 e. The third kappa shape index (κ3) is 2.91. The van der Waals surface area contributed by atoms with Crippen molar-refractivity contribution in [3.8, 4) is 11.4 Å². The lowest BCUT2D eigenvalue weighted by molar-refractivity contribution is 0.0962. The Kier molecular flexibility index (Phi) is 5.16. The van der Waals surface area contributed by atoms with Crippen molar-refractivity contribution in [1.29, 1.82) is 0 Å². The maximum atomic E-state index is 13.3. The van der Waals surface area contributed by atoms with Crippen LogP contribution in [0.4, 0.5) is 5.69 Å². The summed E-state index contributed by atoms with van der Waals surface area (Å²) in [5.74, 6) is -0.390. The van der Waals surface area contributed by atoms with Crippen molar-refractivity contribution in [2.24, 2.45) is 0 Å². The summed E-state index contributed by atoms with van der Waals surface area (Å²) in [6.07, 6.45) is 0. The third-order valence-corrected chi connectivity index (χ3v) is 5.77. The SMILES string of the molecule is CCN(CC)c1ccc2nc3c4ccccc4c(=O)c(C(=O)NC)c-3n(CC)c2c1. The molecule has 30 heavy (non-hydrogen) atoms. The summed E-state index contributed by atoms with van der Waals surface area (Å²) in [6, 6.07) is 13.6. The first-order valence-electron chi connectivity index (χ1n) is 10.4. The van der Waals surface area contributed by atoms with Crippen LogP contribution in [0.3, 0.4) is 0 Å². The van der Waals surface area contributed by atoms with Gasteiger partial charge in [0, 0.05) is 43.1 Å². The monoisotopic (exact) mass is 402 g/mol. The summed E-state index contributed by atoms with van der Waals surface area (Å²) < 4.78 is 2.04. The number of amides is 1. The van der Waals surface area contributed by atoms with Crippen molar-refractivity contribution in [3.05, 3.63) is 58.3 Å². The quantitative estimate of drug-likeness (QED) is 0.406. The zero-order valence-corrected chi connectivity index (χ0v) is 17.8. The van der Waals surface area contributed by atoms with Gasteiger partial charge in [-0.2, -0.15) is 0 Å². The van der Waals surface area contributed by atoms with Gasteiger partial charge in [0.25, 0.3) is 5.91 Å². The van der Waals surface area contributed by atoms with Crippen molar-refractivity contribution >= 4 is 33.4 Å². The van der Waals surface area contributed by atoms with Gasteiger partial charge in [-0.1, -0.05) is 24.3 Å². The maximum absolute atomic E-state index is 13.3. The van der Waals surface area contributed by atoms with Crippen molar-refractivity contribution in [2.45, 2.75) is 27.3 Å². The van der Waals surface area contributed by atoms with Crippen LogP contribution >= 0.6 is 0 Å². The van der Waals surface area contributed by atoms with Crippen molar-refractivity contribution in [3.63, 3.8) is 0 Å². The van der Waals surface area contributed by atoms with Crippen molar-refractivity contribution < 1.29 is 4.79 Å². The molecule has 1 aliphatic carbocycles. The number of anilines is 1. The van der Waals surface area contributed by atoms with Crippen LogP contribution in [0.5, 0.6) is 0 Å². The second-order valence-electron chi connectivity index (χ2n) is 7.23. The third-order valence-electron chi connectivity index (χ3n) is 5.77. The molecule has 0 bridgehead atoms. The highest BCUT2D eigenvalue weighted by atomic mass is 16.2. The molecule has 4 rings (SSSR count). The molecule has 1 heterocycles. The Morgan fingerprint density at radius 3 is 2.40 bits per heavy atom. The van der Waals surface area contributed by atoms with E-state index >= 15 is 0 Å². The molecule has 0 spiro atoms. The van der Waals surface area contributed by atoms with Crippen LogP contribution in [0.15, 0.2) is 47.3 Å². The summed E-state index contributed by atoms with van der Waals surface area (Å²) in [6.45, 7) is 8.68. The highest BCUT2D eigenvalue weighted by molar-refractivity contribution is 6.09. The highest BCUT2D eigenvalue weighted by Crippen LogP contribution is 2.34. The standard InChI is InChI=1S/C24H26N4O2/c1-5-27(6-2)15-12-13-18-19(14-15)28(7-3)22-20(24(30)25-4)23(29)17-11-9-8-10-16(17)21(22)26-18/h8-14H,5-7H2,1-4H3,(H,25,30). The molecular formula is C24H26N4O2. The summed E-state index contributed by atoms with van der Waals surface area (Å²) >= 11 is 0. The molecule has 1 aliphatic heterocycles. The van der Waals surface area contributed by atoms with E-state index in [0.717, 1.165) is 35.2 Å². The number of benzene rings is 3. The summed E-state index contributed by atoms with van der Waals surface area (Å²) in [4.78, 5) is 33.3. The van der Waals surface area contributed by atoms with Gasteiger partial charge in [-0.3, -0.25) is 9.59 Å². The van der Waals surface area contributed by atoms with E-state index < -0.39 is 0 Å². The molecule has 0 radical (unpaired) electrons. The van der Waals surface area contributed by atoms with Gasteiger partial charge >= 0.3 is 0 Å². The largest absolute Gasteiger partial charge is 0.372 e. The topological polar surface area (TPSA) is 67.2 Å². The highest BCUT2D eigenvalue weighted by Gasteiger charge is 2.26. The first-order chi connectivity index (χ1) is 14.5. The molecule has 1 N–H and O–H groups in total. The minimum Gasteiger partial charge on any atom is -0.372 e. The summed E-state index contributed by atoms with van der Waals surface area (Å²) in [7, 11) is 1.55. The molecule has 0 aromatic heterocycles. The number of nitrogens with one attached hydrogen (secondary N) is 1. The number of aryl methyl sites for hydroxylation is 1. The number of aromatic nitrogens is 2. The van der Waals surface area contributed by atoms with E-state index in [-0.39, 0.29) is 16.9 Å². The Balaban J connectivity index is 2.22. The fourth-order valence-electron chi connectivity index (χ4n) is 4.26. The molecule has 0 unspecified atom stereocenters. The van der Waals surface area contributed by atoms with Gasteiger partial charge in [-0.05, 0) is 39.0 Å². The number of fused-ring (bicyclic) bond motifs is 4. The normalized spacial score (nSPS) is 11.3. The van der Waals surface area contributed by atoms with Crippen LogP contribution in [-0.2, 0) is 6.54 Å². The fourth-order valence-corrected chi connectivity index (χ4v) is 4.26. The first kappa shape index (κ1) is 19.9. The Bertz CT molecular complexity index is 1290. The van der Waals surface area contributed by atoms with Crippen LogP contribution < -0.4 is 15.6 Å². The van der Waals surface area contributed by atoms with Crippen molar-refractivity contribution in [2.75, 3.05) is 25.0 Å². The van der Waals surface area contributed by atoms with E-state index in [9.17, 15) is 9.59 Å². The molecule has 0 saturated carbocycles. The predicted octanol–water partition coefficient (Wildman–Crippen LogP) is 3.88. The molecule has 6 heteroatoms. The van der Waals surface area contributed by atoms with Crippen LogP contribution in [0.2, 0.25) is 0 Å². The number of rotatable bonds is 5. The molecule has 0 fully saturated rings. The average molecular weight is 402 g/mol. The molecule has 0 atom stereocenters. The molecule has 0 saturated heterocycles. The Morgan fingerprint density at radius 2 is 1.77 bits per heavy atom. The maximum Gasteiger partial charge on any atom is 0.257 e. The summed E-state index contributed by atoms with van der Waals surface area (Å²) in [5.41, 5.74) is 4.00. The first-order valence-corrected chi connectivity index (χ1v) is 10.4. The van der Waals surface area contributed by atoms with Gasteiger partial charge in [0.15, 0.2) is 0 Å². The molecule has 154 valence electrons. The molecule has 1 amide bonds. The number of carbonyl (C=O) groups excluding carboxylic acids is 1. The number of carbonyl (C=O) groups is 1. The number of hydrogen-bond acceptors (Lipinski definition) is 4. The molecular weight excluding hydrogens is 376 g/mol. The van der Waals surface area contributed by atoms with Gasteiger partial charge in [0.05, 0.1) is 22.4 Å². The lowest BCUT2D eigenvalue weighted by Gasteiger charge is -2.24. The van der Waals surface area contributed by atoms with Gasteiger partial charge in [0.1, 0.15) is 5.56 Å². The Morgan fingerprint density at radius 1 is 1.07 bits per heavy atom. The second-order valence-corrected chi connectivity index (χ2v) is 7.23. The van der Waals surface area contributed by atoms with Crippen LogP contribution in [0.1, 0.15) is 31.1 Å². The molecule has 6 nitrogen and oxygen atoms in total. The summed E-state index contributed by atoms with van der Waals surface area (Å²) in [5, 5.41) is 3.92. The minimum atomic E-state index is -0.390. The van der Waals surface area contributed by atoms with Crippen molar-refractivity contribution in [1.82, 2.24) is 14.9 Å².